The molecule has 0 spiro atoms. The zero-order valence-electron chi connectivity index (χ0n) is 8.99. The summed E-state index contributed by atoms with van der Waals surface area (Å²) in [5, 5.41) is 11.6. The Morgan fingerprint density at radius 2 is 2.50 bits per heavy atom. The van der Waals surface area contributed by atoms with Crippen molar-refractivity contribution >= 4 is 23.1 Å². The Kier molecular flexibility index (Phi) is 3.36. The lowest BCUT2D eigenvalue weighted by Crippen LogP contribution is -2.13. The molecule has 0 unspecified atom stereocenters. The maximum atomic E-state index is 11.6. The molecule has 0 aromatic carbocycles. The number of hydrogen-bond donors (Lipinski definition) is 2. The van der Waals surface area contributed by atoms with E-state index in [0.717, 1.165) is 17.0 Å². The van der Waals surface area contributed by atoms with Crippen LogP contribution in [0.4, 0.5) is 5.82 Å². The molecule has 0 radical (unpaired) electrons. The topological polar surface area (TPSA) is 57.8 Å². The number of anilines is 1. The van der Waals surface area contributed by atoms with E-state index in [1.54, 1.807) is 11.3 Å². The maximum Gasteiger partial charge on any atom is 0.230 e. The molecule has 0 aliphatic carbocycles. The van der Waals surface area contributed by atoms with Crippen LogP contribution in [0.1, 0.15) is 17.5 Å². The Morgan fingerprint density at radius 1 is 1.62 bits per heavy atom. The van der Waals surface area contributed by atoms with Gasteiger partial charge in [-0.2, -0.15) is 5.10 Å². The van der Waals surface area contributed by atoms with E-state index in [1.807, 2.05) is 30.5 Å². The van der Waals surface area contributed by atoms with Gasteiger partial charge in [-0.15, -0.1) is 11.3 Å². The third kappa shape index (κ3) is 2.70. The van der Waals surface area contributed by atoms with Gasteiger partial charge in [0.2, 0.25) is 5.91 Å². The zero-order valence-corrected chi connectivity index (χ0v) is 9.80. The number of carbonyl (C=O) groups is 1. The Labute approximate surface area is 97.7 Å². The van der Waals surface area contributed by atoms with Crippen molar-refractivity contribution in [2.45, 2.75) is 19.8 Å². The van der Waals surface area contributed by atoms with Gasteiger partial charge in [-0.1, -0.05) is 13.0 Å². The van der Waals surface area contributed by atoms with Crippen molar-refractivity contribution in [3.63, 3.8) is 0 Å². The van der Waals surface area contributed by atoms with E-state index in [9.17, 15) is 4.79 Å². The summed E-state index contributed by atoms with van der Waals surface area (Å²) in [4.78, 5) is 12.7. The molecule has 2 aromatic heterocycles. The summed E-state index contributed by atoms with van der Waals surface area (Å²) < 4.78 is 0. The number of aryl methyl sites for hydroxylation is 1. The molecule has 0 aliphatic heterocycles. The minimum Gasteiger partial charge on any atom is -0.309 e. The van der Waals surface area contributed by atoms with Gasteiger partial charge < -0.3 is 5.32 Å². The molecule has 2 heterocycles. The van der Waals surface area contributed by atoms with Gasteiger partial charge in [0.15, 0.2) is 5.82 Å². The molecule has 2 N–H and O–H groups in total. The van der Waals surface area contributed by atoms with Gasteiger partial charge in [0.05, 0.1) is 6.42 Å². The third-order valence-corrected chi connectivity index (χ3v) is 3.07. The van der Waals surface area contributed by atoms with Crippen molar-refractivity contribution in [3.05, 3.63) is 34.2 Å². The van der Waals surface area contributed by atoms with Crippen molar-refractivity contribution in [3.8, 4) is 0 Å². The Balaban J connectivity index is 1.92. The van der Waals surface area contributed by atoms with Crippen molar-refractivity contribution < 1.29 is 4.79 Å². The monoisotopic (exact) mass is 235 g/mol. The van der Waals surface area contributed by atoms with Crippen LogP contribution in [0, 0.1) is 0 Å². The molecule has 0 saturated carbocycles. The zero-order chi connectivity index (χ0) is 11.4. The van der Waals surface area contributed by atoms with Crippen LogP contribution in [-0.4, -0.2) is 16.1 Å². The molecule has 0 saturated heterocycles. The van der Waals surface area contributed by atoms with Gasteiger partial charge >= 0.3 is 0 Å². The quantitative estimate of drug-likeness (QED) is 0.853. The number of rotatable bonds is 4. The standard InChI is InChI=1S/C11H13N3OS/c1-2-8-6-10(14-13-8)12-11(15)7-9-4-3-5-16-9/h3-6H,2,7H2,1H3,(H2,12,13,14,15). The van der Waals surface area contributed by atoms with E-state index in [-0.39, 0.29) is 5.91 Å². The predicted octanol–water partition coefficient (Wildman–Crippen LogP) is 2.21. The molecular weight excluding hydrogens is 222 g/mol. The summed E-state index contributed by atoms with van der Waals surface area (Å²) in [5.41, 5.74) is 1.02. The molecule has 0 atom stereocenters. The summed E-state index contributed by atoms with van der Waals surface area (Å²) in [6, 6.07) is 5.75. The average molecular weight is 235 g/mol. The molecule has 0 aliphatic rings. The summed E-state index contributed by atoms with van der Waals surface area (Å²) in [6.45, 7) is 2.03. The van der Waals surface area contributed by atoms with Crippen LogP contribution in [0.15, 0.2) is 23.6 Å². The lowest BCUT2D eigenvalue weighted by atomic mass is 10.3. The van der Waals surface area contributed by atoms with E-state index >= 15 is 0 Å². The largest absolute Gasteiger partial charge is 0.309 e. The lowest BCUT2D eigenvalue weighted by molar-refractivity contribution is -0.115. The van der Waals surface area contributed by atoms with E-state index in [4.69, 9.17) is 0 Å². The highest BCUT2D eigenvalue weighted by Gasteiger charge is 2.06. The number of nitrogens with one attached hydrogen (secondary N) is 2. The first-order valence-electron chi connectivity index (χ1n) is 5.14. The smallest absolute Gasteiger partial charge is 0.230 e. The number of hydrogen-bond acceptors (Lipinski definition) is 3. The first-order chi connectivity index (χ1) is 7.78. The van der Waals surface area contributed by atoms with Crippen LogP contribution >= 0.6 is 11.3 Å². The van der Waals surface area contributed by atoms with Gasteiger partial charge in [-0.05, 0) is 17.9 Å². The van der Waals surface area contributed by atoms with Crippen LogP contribution in [0.5, 0.6) is 0 Å². The highest BCUT2D eigenvalue weighted by Crippen LogP contribution is 2.11. The van der Waals surface area contributed by atoms with Gasteiger partial charge in [-0.25, -0.2) is 0 Å². The summed E-state index contributed by atoms with van der Waals surface area (Å²) in [7, 11) is 0. The molecule has 16 heavy (non-hydrogen) atoms. The van der Waals surface area contributed by atoms with Crippen molar-refractivity contribution in [1.29, 1.82) is 0 Å². The summed E-state index contributed by atoms with van der Waals surface area (Å²) in [6.07, 6.45) is 1.29. The summed E-state index contributed by atoms with van der Waals surface area (Å²) >= 11 is 1.58. The van der Waals surface area contributed by atoms with Crippen molar-refractivity contribution in [2.75, 3.05) is 5.32 Å². The summed E-state index contributed by atoms with van der Waals surface area (Å²) in [5.74, 6) is 0.565. The van der Waals surface area contributed by atoms with Gasteiger partial charge in [0, 0.05) is 16.6 Å². The van der Waals surface area contributed by atoms with Crippen LogP contribution in [0.2, 0.25) is 0 Å². The fraction of sp³-hybridized carbons (Fsp3) is 0.273. The molecule has 2 aromatic rings. The SMILES string of the molecule is CCc1cc(NC(=O)Cc2cccs2)n[nH]1. The first-order valence-corrected chi connectivity index (χ1v) is 6.02. The fourth-order valence-electron chi connectivity index (χ4n) is 1.37. The fourth-order valence-corrected chi connectivity index (χ4v) is 2.07. The molecule has 0 bridgehead atoms. The number of carbonyl (C=O) groups excluding carboxylic acids is 1. The second-order valence-electron chi connectivity index (χ2n) is 3.44. The highest BCUT2D eigenvalue weighted by molar-refractivity contribution is 7.10. The molecule has 0 fully saturated rings. The first kappa shape index (κ1) is 10.9. The van der Waals surface area contributed by atoms with Crippen LogP contribution < -0.4 is 5.32 Å². The minimum absolute atomic E-state index is 0.0309. The predicted molar refractivity (Wildman–Crippen MR) is 64.6 cm³/mol. The van der Waals surface area contributed by atoms with Crippen LogP contribution in [-0.2, 0) is 17.6 Å². The Morgan fingerprint density at radius 3 is 3.12 bits per heavy atom. The van der Waals surface area contributed by atoms with Crippen LogP contribution in [0.25, 0.3) is 0 Å². The highest BCUT2D eigenvalue weighted by atomic mass is 32.1. The van der Waals surface area contributed by atoms with Gasteiger partial charge in [-0.3, -0.25) is 9.89 Å². The second-order valence-corrected chi connectivity index (χ2v) is 4.47. The van der Waals surface area contributed by atoms with Crippen molar-refractivity contribution in [1.82, 2.24) is 10.2 Å². The van der Waals surface area contributed by atoms with Gasteiger partial charge in [0.25, 0.3) is 0 Å². The normalized spacial score (nSPS) is 10.3. The molecule has 1 amide bonds. The van der Waals surface area contributed by atoms with E-state index in [0.29, 0.717) is 12.2 Å². The van der Waals surface area contributed by atoms with E-state index < -0.39 is 0 Å². The minimum atomic E-state index is -0.0309. The van der Waals surface area contributed by atoms with E-state index in [1.165, 1.54) is 0 Å². The third-order valence-electron chi connectivity index (χ3n) is 2.19. The molecule has 2 rings (SSSR count). The number of nitrogens with zero attached hydrogens (tertiary/aromatic N) is 1. The molecule has 4 nitrogen and oxygen atoms in total. The Bertz CT molecular complexity index is 461. The number of aromatic amines is 1. The number of aromatic nitrogens is 2. The number of H-pyrrole nitrogens is 1. The molecular formula is C11H13N3OS. The molecule has 5 heteroatoms. The Hall–Kier alpha value is -1.62. The van der Waals surface area contributed by atoms with Crippen LogP contribution in [0.3, 0.4) is 0 Å². The maximum absolute atomic E-state index is 11.6. The number of thiophene rings is 1. The van der Waals surface area contributed by atoms with Crippen molar-refractivity contribution in [2.24, 2.45) is 0 Å². The van der Waals surface area contributed by atoms with Gasteiger partial charge in [0.1, 0.15) is 0 Å². The average Bonchev–Trinajstić information content (AvgIpc) is 2.89. The second kappa shape index (κ2) is 4.94. The lowest BCUT2D eigenvalue weighted by Gasteiger charge is -1.98. The number of amides is 1. The van der Waals surface area contributed by atoms with E-state index in [2.05, 4.69) is 15.5 Å². The molecule has 84 valence electrons.